The van der Waals surface area contributed by atoms with E-state index in [4.69, 9.17) is 8.92 Å². The van der Waals surface area contributed by atoms with E-state index in [1.165, 1.54) is 12.8 Å². The summed E-state index contributed by atoms with van der Waals surface area (Å²) < 4.78 is 22.0. The summed E-state index contributed by atoms with van der Waals surface area (Å²) in [5, 5.41) is 0. The fourth-order valence-corrected chi connectivity index (χ4v) is 2.18. The van der Waals surface area contributed by atoms with Crippen LogP contribution >= 0.6 is 0 Å². The molecule has 0 aliphatic heterocycles. The topological polar surface area (TPSA) is 35.5 Å². The minimum atomic E-state index is -1.35. The molecule has 0 aliphatic rings. The van der Waals surface area contributed by atoms with E-state index >= 15 is 0 Å². The number of hydrogen-bond donors (Lipinski definition) is 0. The van der Waals surface area contributed by atoms with Gasteiger partial charge in [-0.25, -0.2) is 4.21 Å². The number of unbranched alkanes of at least 4 members (excludes halogenated alkanes) is 3. The van der Waals surface area contributed by atoms with Crippen LogP contribution in [0.4, 0.5) is 0 Å². The molecule has 1 rings (SSSR count). The SMILES string of the molecule is CCCCCCOS(=O)c1ccc(OC)cc1. The normalized spacial score (nSPS) is 12.4. The average molecular weight is 256 g/mol. The van der Waals surface area contributed by atoms with E-state index in [0.717, 1.165) is 18.6 Å². The fraction of sp³-hybridized carbons (Fsp3) is 0.538. The summed E-state index contributed by atoms with van der Waals surface area (Å²) in [4.78, 5) is 0.682. The van der Waals surface area contributed by atoms with Gasteiger partial charge in [-0.05, 0) is 30.7 Å². The van der Waals surface area contributed by atoms with Crippen molar-refractivity contribution in [2.24, 2.45) is 0 Å². The van der Waals surface area contributed by atoms with Crippen molar-refractivity contribution >= 4 is 11.1 Å². The zero-order valence-electron chi connectivity index (χ0n) is 10.5. The van der Waals surface area contributed by atoms with Gasteiger partial charge >= 0.3 is 0 Å². The van der Waals surface area contributed by atoms with Gasteiger partial charge in [-0.2, -0.15) is 0 Å². The van der Waals surface area contributed by atoms with Crippen molar-refractivity contribution in [3.63, 3.8) is 0 Å². The molecular formula is C13H20O3S. The van der Waals surface area contributed by atoms with Crippen LogP contribution in [0, 0.1) is 0 Å². The predicted octanol–water partition coefficient (Wildman–Crippen LogP) is 3.31. The van der Waals surface area contributed by atoms with E-state index in [1.54, 1.807) is 31.4 Å². The molecule has 17 heavy (non-hydrogen) atoms. The van der Waals surface area contributed by atoms with E-state index in [1.807, 2.05) is 0 Å². The quantitative estimate of drug-likeness (QED) is 0.669. The van der Waals surface area contributed by atoms with E-state index in [0.29, 0.717) is 11.5 Å². The lowest BCUT2D eigenvalue weighted by Crippen LogP contribution is -2.00. The summed E-state index contributed by atoms with van der Waals surface area (Å²) in [5.41, 5.74) is 0. The Morgan fingerprint density at radius 2 is 1.82 bits per heavy atom. The van der Waals surface area contributed by atoms with E-state index in [9.17, 15) is 4.21 Å². The van der Waals surface area contributed by atoms with Gasteiger partial charge in [0, 0.05) is 0 Å². The van der Waals surface area contributed by atoms with Gasteiger partial charge in [0.25, 0.3) is 0 Å². The Labute approximate surface area is 106 Å². The molecule has 3 nitrogen and oxygen atoms in total. The Kier molecular flexibility index (Phi) is 6.89. The number of methoxy groups -OCH3 is 1. The second-order valence-electron chi connectivity index (χ2n) is 3.79. The summed E-state index contributed by atoms with van der Waals surface area (Å²) in [7, 11) is 1.61. The van der Waals surface area contributed by atoms with Crippen LogP contribution < -0.4 is 4.74 Å². The summed E-state index contributed by atoms with van der Waals surface area (Å²) in [5.74, 6) is 0.758. The third-order valence-electron chi connectivity index (χ3n) is 2.44. The van der Waals surface area contributed by atoms with Crippen LogP contribution in [0.2, 0.25) is 0 Å². The Hall–Kier alpha value is -0.870. The molecule has 0 N–H and O–H groups in total. The highest BCUT2D eigenvalue weighted by atomic mass is 32.2. The monoisotopic (exact) mass is 256 g/mol. The molecule has 1 aromatic carbocycles. The van der Waals surface area contributed by atoms with E-state index < -0.39 is 11.1 Å². The first-order chi connectivity index (χ1) is 8.27. The molecule has 4 heteroatoms. The van der Waals surface area contributed by atoms with Gasteiger partial charge in [-0.3, -0.25) is 4.18 Å². The number of rotatable bonds is 8. The van der Waals surface area contributed by atoms with Gasteiger partial charge < -0.3 is 4.74 Å². The molecule has 1 unspecified atom stereocenters. The van der Waals surface area contributed by atoms with E-state index in [-0.39, 0.29) is 0 Å². The summed E-state index contributed by atoms with van der Waals surface area (Å²) >= 11 is -1.35. The smallest absolute Gasteiger partial charge is 0.189 e. The van der Waals surface area contributed by atoms with Crippen LogP contribution in [-0.2, 0) is 15.3 Å². The highest BCUT2D eigenvalue weighted by Gasteiger charge is 2.04. The Morgan fingerprint density at radius 1 is 1.12 bits per heavy atom. The van der Waals surface area contributed by atoms with Gasteiger partial charge in [0.1, 0.15) is 5.75 Å². The molecule has 0 saturated carbocycles. The average Bonchev–Trinajstić information content (AvgIpc) is 2.38. The molecule has 0 fully saturated rings. The number of ether oxygens (including phenoxy) is 1. The third kappa shape index (κ3) is 5.33. The van der Waals surface area contributed by atoms with Crippen LogP contribution in [0.15, 0.2) is 29.2 Å². The maximum absolute atomic E-state index is 11.7. The molecule has 0 radical (unpaired) electrons. The second-order valence-corrected chi connectivity index (χ2v) is 4.97. The first-order valence-corrected chi connectivity index (χ1v) is 7.04. The molecule has 1 atom stereocenters. The molecular weight excluding hydrogens is 236 g/mol. The van der Waals surface area contributed by atoms with Crippen molar-refractivity contribution in [2.45, 2.75) is 37.5 Å². The van der Waals surface area contributed by atoms with Crippen molar-refractivity contribution in [1.29, 1.82) is 0 Å². The van der Waals surface area contributed by atoms with Crippen molar-refractivity contribution in [3.8, 4) is 5.75 Å². The van der Waals surface area contributed by atoms with Crippen LogP contribution in [0.25, 0.3) is 0 Å². The molecule has 0 heterocycles. The van der Waals surface area contributed by atoms with Gasteiger partial charge in [-0.1, -0.05) is 26.2 Å². The van der Waals surface area contributed by atoms with Crippen LogP contribution in [0.1, 0.15) is 32.6 Å². The summed E-state index contributed by atoms with van der Waals surface area (Å²) in [6.45, 7) is 2.72. The molecule has 0 saturated heterocycles. The lowest BCUT2D eigenvalue weighted by molar-refractivity contribution is 0.333. The van der Waals surface area contributed by atoms with Crippen molar-refractivity contribution in [2.75, 3.05) is 13.7 Å². The molecule has 0 amide bonds. The number of benzene rings is 1. The Morgan fingerprint density at radius 3 is 2.41 bits per heavy atom. The fourth-order valence-electron chi connectivity index (χ4n) is 1.42. The standard InChI is InChI=1S/C13H20O3S/c1-3-4-5-6-11-16-17(14)13-9-7-12(15-2)8-10-13/h7-10H,3-6,11H2,1-2H3. The highest BCUT2D eigenvalue weighted by molar-refractivity contribution is 7.80. The first-order valence-electron chi connectivity index (χ1n) is 5.97. The van der Waals surface area contributed by atoms with Crippen LogP contribution in [0.3, 0.4) is 0 Å². The molecule has 0 bridgehead atoms. The number of hydrogen-bond acceptors (Lipinski definition) is 3. The lowest BCUT2D eigenvalue weighted by Gasteiger charge is -2.04. The van der Waals surface area contributed by atoms with E-state index in [2.05, 4.69) is 6.92 Å². The first kappa shape index (κ1) is 14.2. The Balaban J connectivity index is 2.31. The maximum Gasteiger partial charge on any atom is 0.189 e. The van der Waals surface area contributed by atoms with Crippen LogP contribution in [-0.4, -0.2) is 17.9 Å². The van der Waals surface area contributed by atoms with Gasteiger partial charge in [0.2, 0.25) is 0 Å². The minimum absolute atomic E-state index is 0.554. The van der Waals surface area contributed by atoms with Crippen LogP contribution in [0.5, 0.6) is 5.75 Å². The summed E-state index contributed by atoms with van der Waals surface area (Å²) in [6, 6.07) is 7.10. The van der Waals surface area contributed by atoms with Crippen molar-refractivity contribution in [1.82, 2.24) is 0 Å². The molecule has 1 aromatic rings. The molecule has 0 aromatic heterocycles. The van der Waals surface area contributed by atoms with Crippen molar-refractivity contribution in [3.05, 3.63) is 24.3 Å². The molecule has 96 valence electrons. The van der Waals surface area contributed by atoms with Gasteiger partial charge in [0.05, 0.1) is 18.6 Å². The van der Waals surface area contributed by atoms with Gasteiger partial charge in [-0.15, -0.1) is 0 Å². The molecule has 0 spiro atoms. The van der Waals surface area contributed by atoms with Gasteiger partial charge in [0.15, 0.2) is 11.1 Å². The highest BCUT2D eigenvalue weighted by Crippen LogP contribution is 2.15. The largest absolute Gasteiger partial charge is 0.497 e. The zero-order valence-corrected chi connectivity index (χ0v) is 11.3. The predicted molar refractivity (Wildman–Crippen MR) is 69.5 cm³/mol. The summed E-state index contributed by atoms with van der Waals surface area (Å²) in [6.07, 6.45) is 4.51. The maximum atomic E-state index is 11.7. The Bertz CT molecular complexity index is 335. The lowest BCUT2D eigenvalue weighted by atomic mass is 10.2. The zero-order chi connectivity index (χ0) is 12.5. The minimum Gasteiger partial charge on any atom is -0.497 e. The molecule has 0 aliphatic carbocycles. The second kappa shape index (κ2) is 8.25. The van der Waals surface area contributed by atoms with Crippen molar-refractivity contribution < 1.29 is 13.1 Å². The third-order valence-corrected chi connectivity index (χ3v) is 3.48.